The van der Waals surface area contributed by atoms with Crippen molar-refractivity contribution in [3.8, 4) is 5.75 Å². The van der Waals surface area contributed by atoms with Crippen LogP contribution in [-0.2, 0) is 0 Å². The van der Waals surface area contributed by atoms with Crippen molar-refractivity contribution >= 4 is 11.6 Å². The van der Waals surface area contributed by atoms with Crippen molar-refractivity contribution in [1.82, 2.24) is 5.32 Å². The van der Waals surface area contributed by atoms with Crippen LogP contribution in [0, 0.1) is 0 Å². The summed E-state index contributed by atoms with van der Waals surface area (Å²) in [6.07, 6.45) is 3.23. The third-order valence-corrected chi connectivity index (χ3v) is 3.97. The van der Waals surface area contributed by atoms with Gasteiger partial charge in [-0.1, -0.05) is 18.9 Å². The van der Waals surface area contributed by atoms with Gasteiger partial charge in [0.1, 0.15) is 6.61 Å². The standard InChI is InChI=1S/C15H20N2O3/c18-13-7-2-1-5-11(13)17-15(19)10-4-3-6-12-14(10)20-9-8-16-12/h3-4,6,11,13,16,18H,1-2,5,7-9H2,(H,17,19)/t11-,13-/m0/s1. The van der Waals surface area contributed by atoms with Gasteiger partial charge in [-0.05, 0) is 25.0 Å². The molecule has 2 aliphatic rings. The van der Waals surface area contributed by atoms with Crippen molar-refractivity contribution in [3.05, 3.63) is 23.8 Å². The monoisotopic (exact) mass is 276 g/mol. The first kappa shape index (κ1) is 13.2. The predicted molar refractivity (Wildman–Crippen MR) is 76.2 cm³/mol. The first-order valence-electron chi connectivity index (χ1n) is 7.24. The summed E-state index contributed by atoms with van der Waals surface area (Å²) < 4.78 is 5.61. The van der Waals surface area contributed by atoms with Gasteiger partial charge in [0.2, 0.25) is 0 Å². The summed E-state index contributed by atoms with van der Waals surface area (Å²) in [6, 6.07) is 5.35. The quantitative estimate of drug-likeness (QED) is 0.766. The molecule has 0 spiro atoms. The molecular weight excluding hydrogens is 256 g/mol. The first-order chi connectivity index (χ1) is 9.75. The number of para-hydroxylation sites is 1. The van der Waals surface area contributed by atoms with Gasteiger partial charge in [-0.25, -0.2) is 0 Å². The highest BCUT2D eigenvalue weighted by Gasteiger charge is 2.26. The maximum absolute atomic E-state index is 12.4. The van der Waals surface area contributed by atoms with Gasteiger partial charge in [-0.2, -0.15) is 0 Å². The zero-order valence-corrected chi connectivity index (χ0v) is 11.4. The third kappa shape index (κ3) is 2.58. The molecule has 1 amide bonds. The molecule has 2 atom stereocenters. The number of aliphatic hydroxyl groups excluding tert-OH is 1. The lowest BCUT2D eigenvalue weighted by atomic mass is 9.92. The van der Waals surface area contributed by atoms with Crippen molar-refractivity contribution in [2.75, 3.05) is 18.5 Å². The number of rotatable bonds is 2. The number of carbonyl (C=O) groups is 1. The number of hydrogen-bond donors (Lipinski definition) is 3. The molecule has 0 unspecified atom stereocenters. The Morgan fingerprint density at radius 3 is 3.05 bits per heavy atom. The van der Waals surface area contributed by atoms with Crippen LogP contribution in [0.4, 0.5) is 5.69 Å². The highest BCUT2D eigenvalue weighted by molar-refractivity contribution is 5.99. The molecular formula is C15H20N2O3. The molecule has 0 radical (unpaired) electrons. The second-order valence-electron chi connectivity index (χ2n) is 5.39. The third-order valence-electron chi connectivity index (χ3n) is 3.97. The smallest absolute Gasteiger partial charge is 0.255 e. The van der Waals surface area contributed by atoms with E-state index in [1.807, 2.05) is 12.1 Å². The van der Waals surface area contributed by atoms with Gasteiger partial charge in [0, 0.05) is 6.54 Å². The SMILES string of the molecule is O=C(N[C@H]1CCCC[C@@H]1O)c1cccc2c1OCCN2. The number of nitrogens with one attached hydrogen (secondary N) is 2. The topological polar surface area (TPSA) is 70.6 Å². The van der Waals surface area contributed by atoms with Crippen molar-refractivity contribution in [3.63, 3.8) is 0 Å². The van der Waals surface area contributed by atoms with Crippen molar-refractivity contribution in [1.29, 1.82) is 0 Å². The second-order valence-corrected chi connectivity index (χ2v) is 5.39. The number of ether oxygens (including phenoxy) is 1. The van der Waals surface area contributed by atoms with E-state index in [0.717, 1.165) is 37.9 Å². The maximum Gasteiger partial charge on any atom is 0.255 e. The molecule has 0 aromatic heterocycles. The van der Waals surface area contributed by atoms with E-state index in [-0.39, 0.29) is 11.9 Å². The molecule has 1 fully saturated rings. The van der Waals surface area contributed by atoms with Gasteiger partial charge in [0.15, 0.2) is 5.75 Å². The van der Waals surface area contributed by atoms with Crippen LogP contribution >= 0.6 is 0 Å². The zero-order chi connectivity index (χ0) is 13.9. The van der Waals surface area contributed by atoms with E-state index in [1.54, 1.807) is 6.07 Å². The Balaban J connectivity index is 1.77. The summed E-state index contributed by atoms with van der Waals surface area (Å²) >= 11 is 0. The lowest BCUT2D eigenvalue weighted by molar-refractivity contribution is 0.0714. The highest BCUT2D eigenvalue weighted by Crippen LogP contribution is 2.31. The van der Waals surface area contributed by atoms with Gasteiger partial charge in [0.25, 0.3) is 5.91 Å². The van der Waals surface area contributed by atoms with Crippen LogP contribution in [0.3, 0.4) is 0 Å². The van der Waals surface area contributed by atoms with E-state index in [9.17, 15) is 9.90 Å². The Kier molecular flexibility index (Phi) is 3.78. The molecule has 0 bridgehead atoms. The predicted octanol–water partition coefficient (Wildman–Crippen LogP) is 1.52. The van der Waals surface area contributed by atoms with E-state index in [4.69, 9.17) is 4.74 Å². The molecule has 1 aliphatic carbocycles. The second kappa shape index (κ2) is 5.71. The minimum absolute atomic E-state index is 0.149. The Labute approximate surface area is 118 Å². The molecule has 1 aliphatic heterocycles. The normalized spacial score (nSPS) is 25.1. The summed E-state index contributed by atoms with van der Waals surface area (Å²) in [7, 11) is 0. The number of carbonyl (C=O) groups excluding carboxylic acids is 1. The Bertz CT molecular complexity index is 504. The average Bonchev–Trinajstić information content (AvgIpc) is 2.49. The van der Waals surface area contributed by atoms with Gasteiger partial charge in [-0.15, -0.1) is 0 Å². The highest BCUT2D eigenvalue weighted by atomic mass is 16.5. The van der Waals surface area contributed by atoms with Crippen LogP contribution in [0.1, 0.15) is 36.0 Å². The lowest BCUT2D eigenvalue weighted by Gasteiger charge is -2.29. The Morgan fingerprint density at radius 1 is 1.35 bits per heavy atom. The first-order valence-corrected chi connectivity index (χ1v) is 7.24. The number of fused-ring (bicyclic) bond motifs is 1. The maximum atomic E-state index is 12.4. The van der Waals surface area contributed by atoms with Crippen LogP contribution in [0.5, 0.6) is 5.75 Å². The van der Waals surface area contributed by atoms with Crippen molar-refractivity contribution < 1.29 is 14.6 Å². The van der Waals surface area contributed by atoms with Crippen LogP contribution in [0.25, 0.3) is 0 Å². The van der Waals surface area contributed by atoms with E-state index < -0.39 is 6.10 Å². The molecule has 1 saturated carbocycles. The van der Waals surface area contributed by atoms with Gasteiger partial charge in [-0.3, -0.25) is 4.79 Å². The summed E-state index contributed by atoms with van der Waals surface area (Å²) in [5.41, 5.74) is 1.39. The summed E-state index contributed by atoms with van der Waals surface area (Å²) in [5.74, 6) is 0.443. The van der Waals surface area contributed by atoms with Crippen LogP contribution in [0.2, 0.25) is 0 Å². The summed E-state index contributed by atoms with van der Waals surface area (Å²) in [6.45, 7) is 1.31. The Hall–Kier alpha value is -1.75. The van der Waals surface area contributed by atoms with Gasteiger partial charge >= 0.3 is 0 Å². The fourth-order valence-electron chi connectivity index (χ4n) is 2.88. The Morgan fingerprint density at radius 2 is 2.20 bits per heavy atom. The van der Waals surface area contributed by atoms with Crippen molar-refractivity contribution in [2.24, 2.45) is 0 Å². The van der Waals surface area contributed by atoms with Gasteiger partial charge in [0.05, 0.1) is 23.4 Å². The number of aliphatic hydroxyl groups is 1. The van der Waals surface area contributed by atoms with Crippen LogP contribution in [0.15, 0.2) is 18.2 Å². The van der Waals surface area contributed by atoms with E-state index in [2.05, 4.69) is 10.6 Å². The molecule has 20 heavy (non-hydrogen) atoms. The minimum atomic E-state index is -0.439. The number of hydrogen-bond acceptors (Lipinski definition) is 4. The minimum Gasteiger partial charge on any atom is -0.489 e. The zero-order valence-electron chi connectivity index (χ0n) is 11.4. The summed E-state index contributed by atoms with van der Waals surface area (Å²) in [5, 5.41) is 16.1. The molecule has 3 N–H and O–H groups in total. The molecule has 1 aromatic rings. The number of benzene rings is 1. The molecule has 0 saturated heterocycles. The van der Waals surface area contributed by atoms with Crippen LogP contribution < -0.4 is 15.4 Å². The molecule has 5 heteroatoms. The van der Waals surface area contributed by atoms with Crippen LogP contribution in [-0.4, -0.2) is 36.3 Å². The molecule has 5 nitrogen and oxygen atoms in total. The van der Waals surface area contributed by atoms with Crippen molar-refractivity contribution in [2.45, 2.75) is 37.8 Å². The number of amides is 1. The average molecular weight is 276 g/mol. The summed E-state index contributed by atoms with van der Waals surface area (Å²) in [4.78, 5) is 12.4. The molecule has 1 aromatic carbocycles. The largest absolute Gasteiger partial charge is 0.489 e. The van der Waals surface area contributed by atoms with Gasteiger partial charge < -0.3 is 20.5 Å². The fraction of sp³-hybridized carbons (Fsp3) is 0.533. The fourth-order valence-corrected chi connectivity index (χ4v) is 2.88. The van der Waals surface area contributed by atoms with E-state index in [1.165, 1.54) is 0 Å². The van der Waals surface area contributed by atoms with E-state index >= 15 is 0 Å². The lowest BCUT2D eigenvalue weighted by Crippen LogP contribution is -2.45. The molecule has 108 valence electrons. The van der Waals surface area contributed by atoms with E-state index in [0.29, 0.717) is 17.9 Å². The number of anilines is 1. The molecule has 1 heterocycles. The molecule has 3 rings (SSSR count).